The third-order valence-electron chi connectivity index (χ3n) is 2.98. The van der Waals surface area contributed by atoms with E-state index in [1.54, 1.807) is 0 Å². The minimum absolute atomic E-state index is 0.109. The Kier molecular flexibility index (Phi) is 3.96. The molecule has 1 unspecified atom stereocenters. The van der Waals surface area contributed by atoms with Crippen molar-refractivity contribution in [3.8, 4) is 0 Å². The van der Waals surface area contributed by atoms with Crippen LogP contribution in [-0.4, -0.2) is 35.3 Å². The van der Waals surface area contributed by atoms with Crippen molar-refractivity contribution in [3.05, 3.63) is 33.9 Å². The zero-order chi connectivity index (χ0) is 13.8. The summed E-state index contributed by atoms with van der Waals surface area (Å²) in [7, 11) is 0. The van der Waals surface area contributed by atoms with Crippen LogP contribution in [0, 0.1) is 10.1 Å². The fraction of sp³-hybridized carbons (Fsp3) is 0.417. The lowest BCUT2D eigenvalue weighted by molar-refractivity contribution is -0.385. The van der Waals surface area contributed by atoms with Crippen molar-refractivity contribution in [1.82, 2.24) is 0 Å². The topological polar surface area (TPSA) is 102 Å². The number of benzene rings is 1. The third-order valence-corrected chi connectivity index (χ3v) is 2.98. The van der Waals surface area contributed by atoms with Crippen molar-refractivity contribution < 1.29 is 19.6 Å². The number of hydrogen-bond donors (Lipinski definition) is 2. The van der Waals surface area contributed by atoms with E-state index < -0.39 is 16.6 Å². The maximum absolute atomic E-state index is 10.9. The lowest BCUT2D eigenvalue weighted by Gasteiger charge is -2.12. The smallest absolute Gasteiger partial charge is 0.342 e. The molecule has 1 aromatic carbocycles. The van der Waals surface area contributed by atoms with Crippen LogP contribution in [0.15, 0.2) is 18.2 Å². The van der Waals surface area contributed by atoms with Gasteiger partial charge in [-0.2, -0.15) is 0 Å². The van der Waals surface area contributed by atoms with Gasteiger partial charge in [0.25, 0.3) is 5.69 Å². The van der Waals surface area contributed by atoms with Gasteiger partial charge in [0.05, 0.1) is 11.0 Å². The molecule has 19 heavy (non-hydrogen) atoms. The van der Waals surface area contributed by atoms with Gasteiger partial charge in [-0.3, -0.25) is 10.1 Å². The number of hydrogen-bond acceptors (Lipinski definition) is 5. The second kappa shape index (κ2) is 5.66. The molecule has 0 saturated carbocycles. The first-order valence-electron chi connectivity index (χ1n) is 5.95. The van der Waals surface area contributed by atoms with Crippen LogP contribution >= 0.6 is 0 Å². The fourth-order valence-corrected chi connectivity index (χ4v) is 2.01. The standard InChI is InChI=1S/C12H14N2O5/c15-12(16)10-4-3-8(6-11(10)14(17)18)13-7-9-2-1-5-19-9/h3-4,6,9,13H,1-2,5,7H2,(H,15,16). The number of nitrogens with zero attached hydrogens (tertiary/aromatic N) is 1. The molecule has 2 N–H and O–H groups in total. The van der Waals surface area contributed by atoms with Crippen LogP contribution in [0.2, 0.25) is 0 Å². The number of nitro groups is 1. The highest BCUT2D eigenvalue weighted by molar-refractivity contribution is 5.93. The SMILES string of the molecule is O=C(O)c1ccc(NCC2CCCO2)cc1[N+](=O)[O-]. The second-order valence-electron chi connectivity index (χ2n) is 4.31. The highest BCUT2D eigenvalue weighted by atomic mass is 16.6. The first-order valence-corrected chi connectivity index (χ1v) is 5.95. The molecule has 1 heterocycles. The summed E-state index contributed by atoms with van der Waals surface area (Å²) in [5.41, 5.74) is -0.204. The molecule has 0 bridgehead atoms. The molecule has 1 fully saturated rings. The Bertz CT molecular complexity index is 497. The van der Waals surface area contributed by atoms with Gasteiger partial charge in [0.1, 0.15) is 5.56 Å². The van der Waals surface area contributed by atoms with E-state index in [-0.39, 0.29) is 11.7 Å². The summed E-state index contributed by atoms with van der Waals surface area (Å²) in [5, 5.41) is 22.7. The van der Waals surface area contributed by atoms with Gasteiger partial charge in [0.2, 0.25) is 0 Å². The first kappa shape index (κ1) is 13.3. The maximum atomic E-state index is 10.9. The molecule has 0 radical (unpaired) electrons. The molecule has 0 aromatic heterocycles. The summed E-state index contributed by atoms with van der Waals surface area (Å²) in [6, 6.07) is 3.99. The fourth-order valence-electron chi connectivity index (χ4n) is 2.01. The summed E-state index contributed by atoms with van der Waals surface area (Å²) < 4.78 is 5.42. The Morgan fingerprint density at radius 1 is 1.58 bits per heavy atom. The Morgan fingerprint density at radius 3 is 2.95 bits per heavy atom. The Hall–Kier alpha value is -2.15. The van der Waals surface area contributed by atoms with Crippen LogP contribution in [0.25, 0.3) is 0 Å². The molecule has 1 aliphatic rings. The van der Waals surface area contributed by atoms with E-state index in [9.17, 15) is 14.9 Å². The van der Waals surface area contributed by atoms with E-state index in [1.807, 2.05) is 0 Å². The maximum Gasteiger partial charge on any atom is 0.342 e. The van der Waals surface area contributed by atoms with Crippen molar-refractivity contribution in [3.63, 3.8) is 0 Å². The van der Waals surface area contributed by atoms with Crippen molar-refractivity contribution in [2.45, 2.75) is 18.9 Å². The van der Waals surface area contributed by atoms with Crippen molar-refractivity contribution in [2.75, 3.05) is 18.5 Å². The molecule has 0 spiro atoms. The summed E-state index contributed by atoms with van der Waals surface area (Å²) in [4.78, 5) is 21.0. The van der Waals surface area contributed by atoms with Gasteiger partial charge in [0, 0.05) is 24.9 Å². The van der Waals surface area contributed by atoms with E-state index in [1.165, 1.54) is 18.2 Å². The minimum atomic E-state index is -1.31. The zero-order valence-electron chi connectivity index (χ0n) is 10.2. The van der Waals surface area contributed by atoms with Gasteiger partial charge >= 0.3 is 5.97 Å². The average Bonchev–Trinajstić information content (AvgIpc) is 2.88. The van der Waals surface area contributed by atoms with E-state index in [4.69, 9.17) is 9.84 Å². The van der Waals surface area contributed by atoms with Gasteiger partial charge in [0.15, 0.2) is 0 Å². The molecule has 102 valence electrons. The van der Waals surface area contributed by atoms with Gasteiger partial charge in [-0.25, -0.2) is 4.79 Å². The minimum Gasteiger partial charge on any atom is -0.477 e. The quantitative estimate of drug-likeness (QED) is 0.623. The summed E-state index contributed by atoms with van der Waals surface area (Å²) in [5.74, 6) is -1.31. The number of carboxylic acid groups (broad SMARTS) is 1. The molecular formula is C12H14N2O5. The number of ether oxygens (including phenoxy) is 1. The first-order chi connectivity index (χ1) is 9.08. The van der Waals surface area contributed by atoms with E-state index in [2.05, 4.69) is 5.32 Å². The van der Waals surface area contributed by atoms with Crippen LogP contribution in [0.4, 0.5) is 11.4 Å². The van der Waals surface area contributed by atoms with Crippen molar-refractivity contribution >= 4 is 17.3 Å². The normalized spacial score (nSPS) is 18.2. The predicted octanol–water partition coefficient (Wildman–Crippen LogP) is 1.88. The average molecular weight is 266 g/mol. The van der Waals surface area contributed by atoms with Crippen molar-refractivity contribution in [1.29, 1.82) is 0 Å². The molecule has 1 aliphatic heterocycles. The van der Waals surface area contributed by atoms with Crippen LogP contribution in [0.3, 0.4) is 0 Å². The molecule has 2 rings (SSSR count). The number of carbonyl (C=O) groups is 1. The molecule has 0 aliphatic carbocycles. The zero-order valence-corrected chi connectivity index (χ0v) is 10.2. The molecular weight excluding hydrogens is 252 g/mol. The van der Waals surface area contributed by atoms with Crippen molar-refractivity contribution in [2.24, 2.45) is 0 Å². The number of anilines is 1. The van der Waals surface area contributed by atoms with E-state index in [0.29, 0.717) is 12.2 Å². The lowest BCUT2D eigenvalue weighted by atomic mass is 10.1. The highest BCUT2D eigenvalue weighted by Crippen LogP contribution is 2.23. The molecule has 1 saturated heterocycles. The van der Waals surface area contributed by atoms with Gasteiger partial charge in [-0.05, 0) is 25.0 Å². The second-order valence-corrected chi connectivity index (χ2v) is 4.31. The summed E-state index contributed by atoms with van der Waals surface area (Å²) >= 11 is 0. The molecule has 0 amide bonds. The number of carboxylic acids is 1. The van der Waals surface area contributed by atoms with Crippen LogP contribution in [-0.2, 0) is 4.74 Å². The van der Waals surface area contributed by atoms with Gasteiger partial charge < -0.3 is 15.2 Å². The third kappa shape index (κ3) is 3.19. The van der Waals surface area contributed by atoms with Gasteiger partial charge in [-0.1, -0.05) is 0 Å². The van der Waals surface area contributed by atoms with E-state index >= 15 is 0 Å². The van der Waals surface area contributed by atoms with E-state index in [0.717, 1.165) is 19.4 Å². The Balaban J connectivity index is 2.11. The van der Waals surface area contributed by atoms with Crippen LogP contribution in [0.5, 0.6) is 0 Å². The molecule has 1 atom stereocenters. The number of nitro benzene ring substituents is 1. The lowest BCUT2D eigenvalue weighted by Crippen LogP contribution is -2.18. The highest BCUT2D eigenvalue weighted by Gasteiger charge is 2.21. The summed E-state index contributed by atoms with van der Waals surface area (Å²) in [6.45, 7) is 1.30. The predicted molar refractivity (Wildman–Crippen MR) is 67.5 cm³/mol. The Labute approximate surface area is 109 Å². The Morgan fingerprint density at radius 2 is 2.37 bits per heavy atom. The van der Waals surface area contributed by atoms with Gasteiger partial charge in [-0.15, -0.1) is 0 Å². The summed E-state index contributed by atoms with van der Waals surface area (Å²) in [6.07, 6.45) is 2.09. The number of rotatable bonds is 5. The molecule has 1 aromatic rings. The number of nitrogens with one attached hydrogen (secondary N) is 1. The molecule has 7 heteroatoms. The largest absolute Gasteiger partial charge is 0.477 e. The van der Waals surface area contributed by atoms with Crippen LogP contribution < -0.4 is 5.32 Å². The molecule has 7 nitrogen and oxygen atoms in total. The number of aromatic carboxylic acids is 1. The monoisotopic (exact) mass is 266 g/mol. The van der Waals surface area contributed by atoms with Crippen LogP contribution in [0.1, 0.15) is 23.2 Å².